The Labute approximate surface area is 130 Å². The molecule has 0 amide bonds. The molecular formula is C13H12ClN3O3S. The molecule has 21 heavy (non-hydrogen) atoms. The first-order chi connectivity index (χ1) is 10.1. The topological polar surface area (TPSA) is 84.3 Å². The SMILES string of the molecule is COc1ccc(Nc2cc(Cl)nc(SCC(=O)O)n2)cc1. The van der Waals surface area contributed by atoms with Crippen molar-refractivity contribution in [1.29, 1.82) is 0 Å². The number of carboxylic acid groups (broad SMARTS) is 1. The number of benzene rings is 1. The molecule has 0 atom stereocenters. The summed E-state index contributed by atoms with van der Waals surface area (Å²) in [5.41, 5.74) is 0.805. The van der Waals surface area contributed by atoms with Crippen molar-refractivity contribution in [2.24, 2.45) is 0 Å². The predicted octanol–water partition coefficient (Wildman–Crippen LogP) is 3.06. The first kappa shape index (κ1) is 15.4. The molecule has 2 N–H and O–H groups in total. The minimum Gasteiger partial charge on any atom is -0.497 e. The highest BCUT2D eigenvalue weighted by Crippen LogP contribution is 2.23. The van der Waals surface area contributed by atoms with Gasteiger partial charge in [0.25, 0.3) is 0 Å². The number of hydrogen-bond donors (Lipinski definition) is 2. The fraction of sp³-hybridized carbons (Fsp3) is 0.154. The van der Waals surface area contributed by atoms with E-state index in [9.17, 15) is 4.79 Å². The zero-order valence-corrected chi connectivity index (χ0v) is 12.6. The third-order valence-corrected chi connectivity index (χ3v) is 3.39. The van der Waals surface area contributed by atoms with Crippen molar-refractivity contribution in [3.63, 3.8) is 0 Å². The number of aliphatic carboxylic acids is 1. The lowest BCUT2D eigenvalue weighted by molar-refractivity contribution is -0.133. The van der Waals surface area contributed by atoms with E-state index in [1.54, 1.807) is 13.2 Å². The Morgan fingerprint density at radius 1 is 1.38 bits per heavy atom. The number of rotatable bonds is 6. The average molecular weight is 326 g/mol. The van der Waals surface area contributed by atoms with E-state index >= 15 is 0 Å². The van der Waals surface area contributed by atoms with Crippen molar-refractivity contribution in [3.05, 3.63) is 35.5 Å². The van der Waals surface area contributed by atoms with E-state index in [0.717, 1.165) is 23.2 Å². The number of halogens is 1. The quantitative estimate of drug-likeness (QED) is 0.479. The molecule has 1 aromatic carbocycles. The van der Waals surface area contributed by atoms with Crippen molar-refractivity contribution < 1.29 is 14.6 Å². The largest absolute Gasteiger partial charge is 0.497 e. The van der Waals surface area contributed by atoms with Crippen molar-refractivity contribution in [3.8, 4) is 5.75 Å². The van der Waals surface area contributed by atoms with Crippen LogP contribution in [0.15, 0.2) is 35.5 Å². The molecule has 0 fully saturated rings. The summed E-state index contributed by atoms with van der Waals surface area (Å²) in [6.45, 7) is 0. The van der Waals surface area contributed by atoms with E-state index in [0.29, 0.717) is 11.0 Å². The molecule has 0 bridgehead atoms. The van der Waals surface area contributed by atoms with Crippen molar-refractivity contribution in [2.45, 2.75) is 5.16 Å². The van der Waals surface area contributed by atoms with Crippen LogP contribution in [0.4, 0.5) is 11.5 Å². The Hall–Kier alpha value is -1.99. The van der Waals surface area contributed by atoms with Gasteiger partial charge in [-0.15, -0.1) is 0 Å². The normalized spacial score (nSPS) is 10.2. The summed E-state index contributed by atoms with van der Waals surface area (Å²) in [5.74, 6) is 0.183. The highest BCUT2D eigenvalue weighted by Gasteiger charge is 2.07. The standard InChI is InChI=1S/C13H12ClN3O3S/c1-20-9-4-2-8(3-5-9)15-11-6-10(14)16-13(17-11)21-7-12(18)19/h2-6H,7H2,1H3,(H,18,19)(H,15,16,17). The minimum atomic E-state index is -0.937. The third-order valence-electron chi connectivity index (χ3n) is 2.36. The van der Waals surface area contributed by atoms with Gasteiger partial charge in [-0.25, -0.2) is 9.97 Å². The fourth-order valence-corrected chi connectivity index (χ4v) is 2.29. The number of nitrogens with one attached hydrogen (secondary N) is 1. The lowest BCUT2D eigenvalue weighted by atomic mass is 10.3. The molecule has 0 unspecified atom stereocenters. The molecule has 0 radical (unpaired) electrons. The Morgan fingerprint density at radius 3 is 2.71 bits per heavy atom. The van der Waals surface area contributed by atoms with Gasteiger partial charge in [0, 0.05) is 11.8 Å². The average Bonchev–Trinajstić information content (AvgIpc) is 2.45. The monoisotopic (exact) mass is 325 g/mol. The molecule has 1 heterocycles. The maximum Gasteiger partial charge on any atom is 0.313 e. The fourth-order valence-electron chi connectivity index (χ4n) is 1.47. The number of ether oxygens (including phenoxy) is 1. The van der Waals surface area contributed by atoms with Gasteiger partial charge in [0.1, 0.15) is 16.7 Å². The Balaban J connectivity index is 2.12. The number of carbonyl (C=O) groups is 1. The summed E-state index contributed by atoms with van der Waals surface area (Å²) >= 11 is 6.91. The molecule has 0 saturated heterocycles. The summed E-state index contributed by atoms with van der Waals surface area (Å²) in [7, 11) is 1.60. The van der Waals surface area contributed by atoms with Crippen LogP contribution in [0.25, 0.3) is 0 Å². The van der Waals surface area contributed by atoms with Gasteiger partial charge in [0.15, 0.2) is 5.16 Å². The summed E-state index contributed by atoms with van der Waals surface area (Å²) in [6, 6.07) is 8.85. The van der Waals surface area contributed by atoms with Crippen LogP contribution in [0.3, 0.4) is 0 Å². The summed E-state index contributed by atoms with van der Waals surface area (Å²) in [4.78, 5) is 18.7. The maximum absolute atomic E-state index is 10.6. The van der Waals surface area contributed by atoms with E-state index in [4.69, 9.17) is 21.4 Å². The Bertz CT molecular complexity index is 637. The number of thioether (sulfide) groups is 1. The molecule has 0 aliphatic carbocycles. The Kier molecular flexibility index (Phi) is 5.24. The summed E-state index contributed by atoms with van der Waals surface area (Å²) in [5, 5.41) is 12.3. The van der Waals surface area contributed by atoms with Crippen LogP contribution in [0.5, 0.6) is 5.75 Å². The van der Waals surface area contributed by atoms with Gasteiger partial charge in [-0.05, 0) is 24.3 Å². The summed E-state index contributed by atoms with van der Waals surface area (Å²) < 4.78 is 5.08. The summed E-state index contributed by atoms with van der Waals surface area (Å²) in [6.07, 6.45) is 0. The Morgan fingerprint density at radius 2 is 2.10 bits per heavy atom. The molecule has 0 saturated carbocycles. The molecule has 6 nitrogen and oxygen atoms in total. The van der Waals surface area contributed by atoms with Gasteiger partial charge in [0.05, 0.1) is 12.9 Å². The highest BCUT2D eigenvalue weighted by atomic mass is 35.5. The van der Waals surface area contributed by atoms with E-state index in [1.165, 1.54) is 0 Å². The zero-order chi connectivity index (χ0) is 15.2. The van der Waals surface area contributed by atoms with Gasteiger partial charge in [-0.2, -0.15) is 0 Å². The first-order valence-corrected chi connectivity index (χ1v) is 7.23. The number of aromatic nitrogens is 2. The molecule has 1 aromatic heterocycles. The molecule has 110 valence electrons. The molecule has 2 rings (SSSR count). The zero-order valence-electron chi connectivity index (χ0n) is 11.0. The molecule has 0 aliphatic heterocycles. The van der Waals surface area contributed by atoms with E-state index in [2.05, 4.69) is 15.3 Å². The highest BCUT2D eigenvalue weighted by molar-refractivity contribution is 7.99. The van der Waals surface area contributed by atoms with E-state index in [1.807, 2.05) is 24.3 Å². The van der Waals surface area contributed by atoms with Gasteiger partial charge in [-0.3, -0.25) is 4.79 Å². The van der Waals surface area contributed by atoms with Crippen LogP contribution >= 0.6 is 23.4 Å². The van der Waals surface area contributed by atoms with Gasteiger partial charge >= 0.3 is 5.97 Å². The lowest BCUT2D eigenvalue weighted by Crippen LogP contribution is -2.01. The predicted molar refractivity (Wildman–Crippen MR) is 81.7 cm³/mol. The molecule has 0 aliphatic rings. The molecular weight excluding hydrogens is 314 g/mol. The van der Waals surface area contributed by atoms with Crippen molar-refractivity contribution in [1.82, 2.24) is 9.97 Å². The molecule has 2 aromatic rings. The van der Waals surface area contributed by atoms with Gasteiger partial charge < -0.3 is 15.2 Å². The van der Waals surface area contributed by atoms with Gasteiger partial charge in [0.2, 0.25) is 0 Å². The first-order valence-electron chi connectivity index (χ1n) is 5.87. The molecule has 8 heteroatoms. The van der Waals surface area contributed by atoms with Crippen LogP contribution < -0.4 is 10.1 Å². The number of anilines is 2. The van der Waals surface area contributed by atoms with Crippen LogP contribution in [-0.4, -0.2) is 33.9 Å². The number of methoxy groups -OCH3 is 1. The smallest absolute Gasteiger partial charge is 0.313 e. The second-order valence-corrected chi connectivity index (χ2v) is 5.22. The van der Waals surface area contributed by atoms with Crippen LogP contribution in [0.1, 0.15) is 0 Å². The number of hydrogen-bond acceptors (Lipinski definition) is 6. The second kappa shape index (κ2) is 7.14. The van der Waals surface area contributed by atoms with Crippen molar-refractivity contribution >= 4 is 40.8 Å². The van der Waals surface area contributed by atoms with E-state index < -0.39 is 5.97 Å². The minimum absolute atomic E-state index is 0.123. The number of carboxylic acids is 1. The van der Waals surface area contributed by atoms with Gasteiger partial charge in [-0.1, -0.05) is 23.4 Å². The number of nitrogens with zero attached hydrogens (tertiary/aromatic N) is 2. The third kappa shape index (κ3) is 4.80. The van der Waals surface area contributed by atoms with Crippen LogP contribution in [0.2, 0.25) is 5.15 Å². The van der Waals surface area contributed by atoms with Crippen LogP contribution in [0, 0.1) is 0 Å². The van der Waals surface area contributed by atoms with E-state index in [-0.39, 0.29) is 10.9 Å². The maximum atomic E-state index is 10.6. The van der Waals surface area contributed by atoms with Crippen LogP contribution in [-0.2, 0) is 4.79 Å². The lowest BCUT2D eigenvalue weighted by Gasteiger charge is -2.08. The second-order valence-electron chi connectivity index (χ2n) is 3.89. The molecule has 0 spiro atoms. The van der Waals surface area contributed by atoms with Crippen molar-refractivity contribution in [2.75, 3.05) is 18.2 Å².